The van der Waals surface area contributed by atoms with E-state index in [2.05, 4.69) is 15.5 Å². The Bertz CT molecular complexity index is 784. The third kappa shape index (κ3) is 4.30. The molecule has 1 heterocycles. The number of aryl methyl sites for hydroxylation is 1. The van der Waals surface area contributed by atoms with Gasteiger partial charge in [0.1, 0.15) is 0 Å². The van der Waals surface area contributed by atoms with Gasteiger partial charge in [-0.2, -0.15) is 5.10 Å². The zero-order valence-corrected chi connectivity index (χ0v) is 13.0. The highest BCUT2D eigenvalue weighted by Gasteiger charge is 2.15. The molecule has 2 rings (SSSR count). The number of amides is 1. The van der Waals surface area contributed by atoms with Gasteiger partial charge in [0.15, 0.2) is 15.5 Å². The van der Waals surface area contributed by atoms with Gasteiger partial charge in [-0.05, 0) is 30.7 Å². The number of rotatable bonds is 4. The van der Waals surface area contributed by atoms with Crippen molar-refractivity contribution in [1.29, 1.82) is 0 Å². The Kier molecular flexibility index (Phi) is 4.34. The first-order chi connectivity index (χ1) is 9.74. The van der Waals surface area contributed by atoms with Crippen LogP contribution in [0.2, 0.25) is 5.02 Å². The molecule has 2 aromatic rings. The maximum absolute atomic E-state index is 12.1. The van der Waals surface area contributed by atoms with Crippen molar-refractivity contribution in [3.8, 4) is 0 Å². The summed E-state index contributed by atoms with van der Waals surface area (Å²) in [5.41, 5.74) is 1.81. The molecule has 0 aliphatic rings. The standard InChI is InChI=1S/C13H14ClN3O3S/c1-8-5-12(17-16-8)13(18)15-11-6-10(14)4-3-9(11)7-21(2,19)20/h3-6H,7H2,1-2H3,(H,15,18)(H,16,17). The molecule has 0 atom stereocenters. The number of anilines is 1. The molecule has 0 bridgehead atoms. The summed E-state index contributed by atoms with van der Waals surface area (Å²) in [4.78, 5) is 12.1. The lowest BCUT2D eigenvalue weighted by Gasteiger charge is -2.10. The van der Waals surface area contributed by atoms with Crippen molar-refractivity contribution in [3.63, 3.8) is 0 Å². The van der Waals surface area contributed by atoms with Crippen molar-refractivity contribution in [2.45, 2.75) is 12.7 Å². The predicted octanol–water partition coefficient (Wildman–Crippen LogP) is 2.17. The summed E-state index contributed by atoms with van der Waals surface area (Å²) >= 11 is 5.90. The number of hydrogen-bond acceptors (Lipinski definition) is 4. The number of benzene rings is 1. The lowest BCUT2D eigenvalue weighted by atomic mass is 10.2. The third-order valence-corrected chi connectivity index (χ3v) is 3.75. The third-order valence-electron chi connectivity index (χ3n) is 2.68. The van der Waals surface area contributed by atoms with Crippen LogP contribution in [0.15, 0.2) is 24.3 Å². The Morgan fingerprint density at radius 3 is 2.67 bits per heavy atom. The Labute approximate surface area is 127 Å². The van der Waals surface area contributed by atoms with Crippen LogP contribution in [0.1, 0.15) is 21.7 Å². The molecule has 1 amide bonds. The second-order valence-electron chi connectivity index (χ2n) is 4.76. The minimum atomic E-state index is -3.23. The van der Waals surface area contributed by atoms with E-state index in [1.807, 2.05) is 0 Å². The molecule has 0 saturated heterocycles. The van der Waals surface area contributed by atoms with Gasteiger partial charge in [-0.15, -0.1) is 0 Å². The van der Waals surface area contributed by atoms with Gasteiger partial charge in [-0.1, -0.05) is 17.7 Å². The van der Waals surface area contributed by atoms with Crippen molar-refractivity contribution in [2.75, 3.05) is 11.6 Å². The second kappa shape index (κ2) is 5.87. The first-order valence-corrected chi connectivity index (χ1v) is 8.48. The number of halogens is 1. The Morgan fingerprint density at radius 2 is 2.10 bits per heavy atom. The van der Waals surface area contributed by atoms with Gasteiger partial charge in [0.2, 0.25) is 0 Å². The topological polar surface area (TPSA) is 91.9 Å². The van der Waals surface area contributed by atoms with Crippen molar-refractivity contribution in [1.82, 2.24) is 10.2 Å². The number of nitrogens with zero attached hydrogens (tertiary/aromatic N) is 1. The monoisotopic (exact) mass is 327 g/mol. The van der Waals surface area contributed by atoms with Crippen LogP contribution in [-0.2, 0) is 15.6 Å². The van der Waals surface area contributed by atoms with E-state index in [1.165, 1.54) is 6.07 Å². The average molecular weight is 328 g/mol. The zero-order chi connectivity index (χ0) is 15.6. The lowest BCUT2D eigenvalue weighted by Crippen LogP contribution is -2.15. The fourth-order valence-electron chi connectivity index (χ4n) is 1.79. The van der Waals surface area contributed by atoms with E-state index >= 15 is 0 Å². The van der Waals surface area contributed by atoms with Gasteiger partial charge >= 0.3 is 0 Å². The first-order valence-electron chi connectivity index (χ1n) is 6.04. The second-order valence-corrected chi connectivity index (χ2v) is 7.34. The van der Waals surface area contributed by atoms with Crippen molar-refractivity contribution in [2.24, 2.45) is 0 Å². The quantitative estimate of drug-likeness (QED) is 0.900. The number of nitrogens with one attached hydrogen (secondary N) is 2. The zero-order valence-electron chi connectivity index (χ0n) is 11.5. The molecule has 0 aliphatic heterocycles. The highest BCUT2D eigenvalue weighted by molar-refractivity contribution is 7.89. The smallest absolute Gasteiger partial charge is 0.276 e. The minimum Gasteiger partial charge on any atom is -0.320 e. The summed E-state index contributed by atoms with van der Waals surface area (Å²) in [6.45, 7) is 1.78. The molecule has 0 spiro atoms. The van der Waals surface area contributed by atoms with Crippen LogP contribution >= 0.6 is 11.6 Å². The number of aromatic amines is 1. The summed E-state index contributed by atoms with van der Waals surface area (Å²) in [5, 5.41) is 9.55. The minimum absolute atomic E-state index is 0.181. The van der Waals surface area contributed by atoms with E-state index in [9.17, 15) is 13.2 Å². The summed E-state index contributed by atoms with van der Waals surface area (Å²) < 4.78 is 22.9. The maximum atomic E-state index is 12.1. The summed E-state index contributed by atoms with van der Waals surface area (Å²) in [6, 6.07) is 6.26. The molecule has 0 unspecified atom stereocenters. The van der Waals surface area contributed by atoms with E-state index in [0.717, 1.165) is 11.9 Å². The molecule has 1 aromatic carbocycles. The molecule has 0 fully saturated rings. The van der Waals surface area contributed by atoms with Gasteiger partial charge in [-0.25, -0.2) is 8.42 Å². The normalized spacial score (nSPS) is 11.4. The average Bonchev–Trinajstić information content (AvgIpc) is 2.78. The van der Waals surface area contributed by atoms with Crippen LogP contribution in [0.3, 0.4) is 0 Å². The number of sulfone groups is 1. The van der Waals surface area contributed by atoms with Crippen LogP contribution in [0.5, 0.6) is 0 Å². The summed E-state index contributed by atoms with van der Waals surface area (Å²) in [5.74, 6) is -0.615. The highest BCUT2D eigenvalue weighted by Crippen LogP contribution is 2.23. The molecule has 21 heavy (non-hydrogen) atoms. The molecule has 8 heteroatoms. The lowest BCUT2D eigenvalue weighted by molar-refractivity contribution is 0.102. The molecule has 1 aromatic heterocycles. The van der Waals surface area contributed by atoms with Crippen LogP contribution < -0.4 is 5.32 Å². The molecule has 112 valence electrons. The molecule has 0 aliphatic carbocycles. The molecular weight excluding hydrogens is 314 g/mol. The fourth-order valence-corrected chi connectivity index (χ4v) is 2.78. The van der Waals surface area contributed by atoms with E-state index in [1.54, 1.807) is 25.1 Å². The van der Waals surface area contributed by atoms with Gasteiger partial charge < -0.3 is 5.32 Å². The van der Waals surface area contributed by atoms with Gasteiger partial charge in [0.25, 0.3) is 5.91 Å². The van der Waals surface area contributed by atoms with Gasteiger partial charge in [0, 0.05) is 22.7 Å². The molecular formula is C13H14ClN3O3S. The number of hydrogen-bond donors (Lipinski definition) is 2. The van der Waals surface area contributed by atoms with Crippen LogP contribution in [-0.4, -0.2) is 30.8 Å². The van der Waals surface area contributed by atoms with Crippen LogP contribution in [0.25, 0.3) is 0 Å². The molecule has 6 nitrogen and oxygen atoms in total. The number of H-pyrrole nitrogens is 1. The predicted molar refractivity (Wildman–Crippen MR) is 81.3 cm³/mol. The maximum Gasteiger partial charge on any atom is 0.276 e. The molecule has 0 radical (unpaired) electrons. The Hall–Kier alpha value is -1.86. The van der Waals surface area contributed by atoms with Crippen LogP contribution in [0.4, 0.5) is 5.69 Å². The van der Waals surface area contributed by atoms with E-state index in [4.69, 9.17) is 11.6 Å². The SMILES string of the molecule is Cc1cc(C(=O)Nc2cc(Cl)ccc2CS(C)(=O)=O)n[nH]1. The van der Waals surface area contributed by atoms with E-state index in [-0.39, 0.29) is 11.4 Å². The number of aromatic nitrogens is 2. The number of carbonyl (C=O) groups is 1. The van der Waals surface area contributed by atoms with Crippen molar-refractivity contribution in [3.05, 3.63) is 46.2 Å². The van der Waals surface area contributed by atoms with Gasteiger partial charge in [-0.3, -0.25) is 9.89 Å². The van der Waals surface area contributed by atoms with E-state index in [0.29, 0.717) is 16.3 Å². The largest absolute Gasteiger partial charge is 0.320 e. The van der Waals surface area contributed by atoms with Gasteiger partial charge in [0.05, 0.1) is 5.75 Å². The Morgan fingerprint density at radius 1 is 1.38 bits per heavy atom. The fraction of sp³-hybridized carbons (Fsp3) is 0.231. The highest BCUT2D eigenvalue weighted by atomic mass is 35.5. The molecule has 2 N–H and O–H groups in total. The Balaban J connectivity index is 2.30. The first kappa shape index (κ1) is 15.5. The summed E-state index contributed by atoms with van der Waals surface area (Å²) in [6.07, 6.45) is 1.13. The number of carbonyl (C=O) groups excluding carboxylic acids is 1. The summed E-state index contributed by atoms with van der Waals surface area (Å²) in [7, 11) is -3.23. The van der Waals surface area contributed by atoms with Crippen molar-refractivity contribution >= 4 is 33.0 Å². The van der Waals surface area contributed by atoms with Crippen molar-refractivity contribution < 1.29 is 13.2 Å². The van der Waals surface area contributed by atoms with E-state index < -0.39 is 15.7 Å². The molecule has 0 saturated carbocycles. The van der Waals surface area contributed by atoms with Crippen LogP contribution in [0, 0.1) is 6.92 Å².